The Balaban J connectivity index is 0.00000113. The smallest absolute Gasteiger partial charge is 0.228 e. The van der Waals surface area contributed by atoms with Gasteiger partial charge >= 0.3 is 0 Å². The van der Waals surface area contributed by atoms with E-state index < -0.39 is 0 Å². The summed E-state index contributed by atoms with van der Waals surface area (Å²) in [7, 11) is 0. The predicted molar refractivity (Wildman–Crippen MR) is 104 cm³/mol. The molecule has 5 nitrogen and oxygen atoms in total. The monoisotopic (exact) mass is 403 g/mol. The summed E-state index contributed by atoms with van der Waals surface area (Å²) in [6, 6.07) is 1.89. The highest BCUT2D eigenvalue weighted by molar-refractivity contribution is 7.13. The number of carbonyl (C=O) groups excluding carboxylic acids is 1. The molecule has 2 aliphatic rings. The lowest BCUT2D eigenvalue weighted by Crippen LogP contribution is -2.34. The van der Waals surface area contributed by atoms with Crippen LogP contribution >= 0.6 is 36.2 Å². The molecule has 0 radical (unpaired) electrons. The highest BCUT2D eigenvalue weighted by Crippen LogP contribution is 2.28. The number of carbonyl (C=O) groups is 1. The first-order chi connectivity index (χ1) is 11.3. The number of rotatable bonds is 3. The van der Waals surface area contributed by atoms with Gasteiger partial charge in [-0.15, -0.1) is 36.2 Å². The van der Waals surface area contributed by atoms with Crippen molar-refractivity contribution in [2.45, 2.75) is 19.3 Å². The second kappa shape index (κ2) is 9.03. The normalized spacial score (nSPS) is 22.5. The van der Waals surface area contributed by atoms with E-state index in [-0.39, 0.29) is 30.7 Å². The van der Waals surface area contributed by atoms with Crippen LogP contribution in [0.1, 0.15) is 18.5 Å². The Kier molecular flexibility index (Phi) is 7.31. The van der Waals surface area contributed by atoms with Gasteiger partial charge in [-0.1, -0.05) is 0 Å². The molecule has 2 aromatic rings. The number of fused-ring (bicyclic) bond motifs is 1. The minimum Gasteiger partial charge on any atom is -0.472 e. The van der Waals surface area contributed by atoms with Gasteiger partial charge in [0.25, 0.3) is 0 Å². The molecule has 0 aliphatic carbocycles. The van der Waals surface area contributed by atoms with E-state index in [1.807, 2.05) is 16.3 Å². The van der Waals surface area contributed by atoms with Crippen LogP contribution in [0.4, 0.5) is 0 Å². The number of furan rings is 1. The Morgan fingerprint density at radius 3 is 2.64 bits per heavy atom. The van der Waals surface area contributed by atoms with Crippen molar-refractivity contribution in [3.8, 4) is 10.6 Å². The molecule has 2 atom stereocenters. The van der Waals surface area contributed by atoms with Crippen LogP contribution in [0.25, 0.3) is 10.6 Å². The maximum atomic E-state index is 12.6. The molecule has 138 valence electrons. The number of hydrogen-bond acceptors (Lipinski definition) is 5. The van der Waals surface area contributed by atoms with Gasteiger partial charge in [-0.25, -0.2) is 4.98 Å². The summed E-state index contributed by atoms with van der Waals surface area (Å²) in [6.45, 7) is 4.01. The summed E-state index contributed by atoms with van der Waals surface area (Å²) in [4.78, 5) is 19.2. The number of nitrogens with one attached hydrogen (secondary N) is 1. The Bertz CT molecular complexity index is 663. The number of thiazole rings is 1. The zero-order valence-corrected chi connectivity index (χ0v) is 16.3. The summed E-state index contributed by atoms with van der Waals surface area (Å²) in [5, 5.41) is 6.37. The first kappa shape index (κ1) is 20.2. The number of aromatic nitrogens is 1. The van der Waals surface area contributed by atoms with Gasteiger partial charge in [0.2, 0.25) is 5.91 Å². The van der Waals surface area contributed by atoms with E-state index in [0.29, 0.717) is 6.42 Å². The van der Waals surface area contributed by atoms with Gasteiger partial charge in [0.15, 0.2) is 0 Å². The van der Waals surface area contributed by atoms with Gasteiger partial charge < -0.3 is 14.6 Å². The van der Waals surface area contributed by atoms with Gasteiger partial charge in [-0.2, -0.15) is 0 Å². The topological polar surface area (TPSA) is 58.4 Å². The quantitative estimate of drug-likeness (QED) is 0.854. The summed E-state index contributed by atoms with van der Waals surface area (Å²) >= 11 is 1.56. The Morgan fingerprint density at radius 1 is 1.28 bits per heavy atom. The van der Waals surface area contributed by atoms with E-state index in [4.69, 9.17) is 4.42 Å². The van der Waals surface area contributed by atoms with E-state index in [9.17, 15) is 4.79 Å². The fourth-order valence-corrected chi connectivity index (χ4v) is 4.45. The van der Waals surface area contributed by atoms with Crippen molar-refractivity contribution in [2.24, 2.45) is 11.8 Å². The van der Waals surface area contributed by atoms with Crippen LogP contribution in [0, 0.1) is 11.8 Å². The summed E-state index contributed by atoms with van der Waals surface area (Å²) in [5.74, 6) is 1.71. The molecule has 0 saturated carbocycles. The minimum absolute atomic E-state index is 0. The van der Waals surface area contributed by atoms with E-state index in [2.05, 4.69) is 10.3 Å². The van der Waals surface area contributed by atoms with Crippen LogP contribution in [0.3, 0.4) is 0 Å². The van der Waals surface area contributed by atoms with Crippen LogP contribution in [0.2, 0.25) is 0 Å². The highest BCUT2D eigenvalue weighted by atomic mass is 35.5. The average molecular weight is 404 g/mol. The summed E-state index contributed by atoms with van der Waals surface area (Å²) in [5.41, 5.74) is 1.84. The standard InChI is InChI=1S/C17H21N3O2S.2ClH/c21-16(20-4-1-12-8-18-9-13(12)2-5-20)7-15-11-23-17(19-15)14-3-6-22-10-14;;/h3,6,10-13,18H,1-2,4-5,7-9H2;2*1H/t12-,13+;;. The van der Waals surface area contributed by atoms with Gasteiger partial charge in [-0.3, -0.25) is 4.79 Å². The molecule has 1 amide bonds. The van der Waals surface area contributed by atoms with Crippen molar-refractivity contribution in [1.29, 1.82) is 0 Å². The van der Waals surface area contributed by atoms with Crippen LogP contribution in [-0.2, 0) is 11.2 Å². The lowest BCUT2D eigenvalue weighted by atomic mass is 9.92. The Hall–Kier alpha value is -1.08. The fraction of sp³-hybridized carbons (Fsp3) is 0.529. The zero-order chi connectivity index (χ0) is 15.6. The second-order valence-electron chi connectivity index (χ2n) is 6.47. The largest absolute Gasteiger partial charge is 0.472 e. The third-order valence-electron chi connectivity index (χ3n) is 5.02. The maximum absolute atomic E-state index is 12.6. The molecular weight excluding hydrogens is 381 g/mol. The predicted octanol–water partition coefficient (Wildman–Crippen LogP) is 3.25. The summed E-state index contributed by atoms with van der Waals surface area (Å²) < 4.78 is 5.09. The fourth-order valence-electron chi connectivity index (χ4n) is 3.64. The van der Waals surface area contributed by atoms with Gasteiger partial charge in [0, 0.05) is 24.0 Å². The maximum Gasteiger partial charge on any atom is 0.228 e. The van der Waals surface area contributed by atoms with Crippen molar-refractivity contribution in [3.63, 3.8) is 0 Å². The van der Waals surface area contributed by atoms with Gasteiger partial charge in [0.1, 0.15) is 11.3 Å². The first-order valence-electron chi connectivity index (χ1n) is 8.25. The van der Waals surface area contributed by atoms with Gasteiger partial charge in [-0.05, 0) is 43.8 Å². The van der Waals surface area contributed by atoms with Crippen molar-refractivity contribution >= 4 is 42.1 Å². The van der Waals surface area contributed by atoms with Crippen molar-refractivity contribution in [2.75, 3.05) is 26.2 Å². The SMILES string of the molecule is Cl.Cl.O=C(Cc1csc(-c2ccoc2)n1)N1CC[C@@H]2CNC[C@@H]2CC1. The molecule has 0 bridgehead atoms. The van der Waals surface area contributed by atoms with E-state index in [1.54, 1.807) is 23.9 Å². The highest BCUT2D eigenvalue weighted by Gasteiger charge is 2.31. The first-order valence-corrected chi connectivity index (χ1v) is 9.13. The van der Waals surface area contributed by atoms with Crippen LogP contribution in [0.5, 0.6) is 0 Å². The lowest BCUT2D eigenvalue weighted by Gasteiger charge is -2.20. The van der Waals surface area contributed by atoms with Crippen molar-refractivity contribution in [1.82, 2.24) is 15.2 Å². The molecule has 4 rings (SSSR count). The van der Waals surface area contributed by atoms with Crippen molar-refractivity contribution in [3.05, 3.63) is 29.7 Å². The molecule has 0 spiro atoms. The molecule has 4 heterocycles. The van der Waals surface area contributed by atoms with Crippen LogP contribution in [0.15, 0.2) is 28.4 Å². The molecule has 25 heavy (non-hydrogen) atoms. The van der Waals surface area contributed by atoms with Crippen LogP contribution in [-0.4, -0.2) is 42.0 Å². The van der Waals surface area contributed by atoms with E-state index in [0.717, 1.165) is 67.1 Å². The van der Waals surface area contributed by atoms with E-state index in [1.165, 1.54) is 0 Å². The second-order valence-corrected chi connectivity index (χ2v) is 7.33. The summed E-state index contributed by atoms with van der Waals surface area (Å²) in [6.07, 6.45) is 5.99. The molecule has 1 N–H and O–H groups in total. The number of amides is 1. The van der Waals surface area contributed by atoms with Gasteiger partial charge in [0.05, 0.1) is 18.4 Å². The van der Waals surface area contributed by atoms with Crippen LogP contribution < -0.4 is 5.32 Å². The average Bonchev–Trinajstić information content (AvgIpc) is 3.27. The minimum atomic E-state index is 0. The Morgan fingerprint density at radius 2 is 2.00 bits per heavy atom. The molecular formula is C17H23Cl2N3O2S. The lowest BCUT2D eigenvalue weighted by molar-refractivity contribution is -0.130. The molecule has 0 unspecified atom stereocenters. The number of hydrogen-bond donors (Lipinski definition) is 1. The number of halogens is 2. The van der Waals surface area contributed by atoms with E-state index >= 15 is 0 Å². The van der Waals surface area contributed by atoms with Crippen molar-refractivity contribution < 1.29 is 9.21 Å². The Labute approximate surface area is 164 Å². The molecule has 2 fully saturated rings. The molecule has 8 heteroatoms. The number of nitrogens with zero attached hydrogens (tertiary/aromatic N) is 2. The molecule has 2 saturated heterocycles. The third kappa shape index (κ3) is 4.56. The molecule has 0 aromatic carbocycles. The zero-order valence-electron chi connectivity index (χ0n) is 13.8. The third-order valence-corrected chi connectivity index (χ3v) is 5.96. The molecule has 2 aromatic heterocycles. The number of likely N-dealkylation sites (tertiary alicyclic amines) is 1. The molecule has 2 aliphatic heterocycles.